The first-order valence-electron chi connectivity index (χ1n) is 12.0. The summed E-state index contributed by atoms with van der Waals surface area (Å²) in [5.41, 5.74) is 1.63. The van der Waals surface area contributed by atoms with Crippen LogP contribution in [0.3, 0.4) is 0 Å². The number of Topliss-reactive ketones (excluding diaryl/α,β-unsaturated/α-hetero) is 1. The third-order valence-electron chi connectivity index (χ3n) is 5.88. The average Bonchev–Trinajstić information content (AvgIpc) is 2.98. The molecule has 180 valence electrons. The molecule has 3 nitrogen and oxygen atoms in total. The highest BCUT2D eigenvalue weighted by atomic mass is 32.1. The van der Waals surface area contributed by atoms with E-state index < -0.39 is 6.10 Å². The van der Waals surface area contributed by atoms with Crippen LogP contribution in [0.1, 0.15) is 22.0 Å². The number of fused-ring (bicyclic) bond motifs is 2. The van der Waals surface area contributed by atoms with E-state index in [1.165, 1.54) is 0 Å². The first kappa shape index (κ1) is 24.2. The SMILES string of the molecule is O=C(c1ccccc1)C(Oc1ccccc1)c1ccccc1.O=c1c2ccccc2sc2ccccc12. The van der Waals surface area contributed by atoms with Crippen LogP contribution in [0.15, 0.2) is 144 Å². The van der Waals surface area contributed by atoms with Gasteiger partial charge >= 0.3 is 0 Å². The van der Waals surface area contributed by atoms with Crippen LogP contribution in [-0.4, -0.2) is 5.78 Å². The van der Waals surface area contributed by atoms with E-state index in [4.69, 9.17) is 4.74 Å². The molecule has 0 saturated heterocycles. The highest BCUT2D eigenvalue weighted by molar-refractivity contribution is 7.24. The average molecular weight is 501 g/mol. The van der Waals surface area contributed by atoms with E-state index >= 15 is 0 Å². The van der Waals surface area contributed by atoms with Crippen molar-refractivity contribution in [3.8, 4) is 5.75 Å². The summed E-state index contributed by atoms with van der Waals surface area (Å²) < 4.78 is 8.08. The van der Waals surface area contributed by atoms with Crippen LogP contribution >= 0.6 is 11.3 Å². The van der Waals surface area contributed by atoms with E-state index in [0.29, 0.717) is 11.3 Å². The van der Waals surface area contributed by atoms with Crippen LogP contribution < -0.4 is 10.2 Å². The maximum absolute atomic E-state index is 12.8. The number of carbonyl (C=O) groups excluding carboxylic acids is 1. The summed E-state index contributed by atoms with van der Waals surface area (Å²) in [4.78, 5) is 24.9. The predicted molar refractivity (Wildman–Crippen MR) is 153 cm³/mol. The number of benzene rings is 5. The molecule has 0 saturated carbocycles. The Morgan fingerprint density at radius 1 is 0.568 bits per heavy atom. The largest absolute Gasteiger partial charge is 0.478 e. The normalized spacial score (nSPS) is 11.4. The molecular formula is C33H24O3S. The molecule has 0 aliphatic rings. The Labute approximate surface area is 219 Å². The second-order valence-electron chi connectivity index (χ2n) is 8.38. The van der Waals surface area contributed by atoms with Gasteiger partial charge in [0, 0.05) is 31.3 Å². The second kappa shape index (κ2) is 11.5. The molecular weight excluding hydrogens is 476 g/mol. The quantitative estimate of drug-likeness (QED) is 0.177. The van der Waals surface area contributed by atoms with Crippen molar-refractivity contribution in [2.75, 3.05) is 0 Å². The molecule has 0 spiro atoms. The summed E-state index contributed by atoms with van der Waals surface area (Å²) in [6.45, 7) is 0. The fourth-order valence-corrected chi connectivity index (χ4v) is 5.11. The smallest absolute Gasteiger partial charge is 0.207 e. The molecule has 1 heterocycles. The zero-order chi connectivity index (χ0) is 25.5. The maximum Gasteiger partial charge on any atom is 0.207 e. The summed E-state index contributed by atoms with van der Waals surface area (Å²) in [7, 11) is 0. The predicted octanol–water partition coefficient (Wildman–Crippen LogP) is 8.10. The molecule has 0 bridgehead atoms. The van der Waals surface area contributed by atoms with E-state index in [1.807, 2.05) is 140 Å². The third-order valence-corrected chi connectivity index (χ3v) is 7.03. The van der Waals surface area contributed by atoms with Crippen LogP contribution in [0.25, 0.3) is 20.2 Å². The van der Waals surface area contributed by atoms with Crippen molar-refractivity contribution in [3.63, 3.8) is 0 Å². The molecule has 37 heavy (non-hydrogen) atoms. The first-order chi connectivity index (χ1) is 18.2. The number of hydrogen-bond acceptors (Lipinski definition) is 4. The number of rotatable bonds is 5. The number of para-hydroxylation sites is 1. The van der Waals surface area contributed by atoms with Crippen molar-refractivity contribution in [3.05, 3.63) is 161 Å². The van der Waals surface area contributed by atoms with Gasteiger partial charge in [0.05, 0.1) is 0 Å². The Balaban J connectivity index is 0.000000162. The van der Waals surface area contributed by atoms with Crippen molar-refractivity contribution in [2.45, 2.75) is 6.10 Å². The molecule has 6 rings (SSSR count). The highest BCUT2D eigenvalue weighted by Gasteiger charge is 2.23. The van der Waals surface area contributed by atoms with Gasteiger partial charge in [-0.25, -0.2) is 0 Å². The standard InChI is InChI=1S/C20H16O2.C13H8OS/c21-19(16-10-4-1-5-11-16)20(17-12-6-2-7-13-17)22-18-14-8-3-9-15-18;14-13-9-5-1-3-7-11(9)15-12-8-4-2-6-10(12)13/h1-15,20H;1-8H. The number of ketones is 1. The van der Waals surface area contributed by atoms with Gasteiger partial charge in [0.15, 0.2) is 11.5 Å². The van der Waals surface area contributed by atoms with Crippen molar-refractivity contribution in [1.82, 2.24) is 0 Å². The first-order valence-corrected chi connectivity index (χ1v) is 12.8. The lowest BCUT2D eigenvalue weighted by atomic mass is 10.00. The minimum atomic E-state index is -0.647. The molecule has 0 aliphatic heterocycles. The number of ether oxygens (including phenoxy) is 1. The Bertz CT molecular complexity index is 1620. The zero-order valence-corrected chi connectivity index (χ0v) is 20.8. The van der Waals surface area contributed by atoms with E-state index in [2.05, 4.69) is 0 Å². The van der Waals surface area contributed by atoms with Gasteiger partial charge < -0.3 is 4.74 Å². The minimum Gasteiger partial charge on any atom is -0.478 e. The van der Waals surface area contributed by atoms with Gasteiger partial charge in [-0.3, -0.25) is 9.59 Å². The summed E-state index contributed by atoms with van der Waals surface area (Å²) in [5.74, 6) is 0.635. The fourth-order valence-electron chi connectivity index (χ4n) is 4.04. The molecule has 0 amide bonds. The van der Waals surface area contributed by atoms with Gasteiger partial charge in [-0.1, -0.05) is 103 Å². The van der Waals surface area contributed by atoms with E-state index in [0.717, 1.165) is 25.7 Å². The van der Waals surface area contributed by atoms with Crippen LogP contribution in [0.4, 0.5) is 0 Å². The molecule has 0 aliphatic carbocycles. The Morgan fingerprint density at radius 3 is 1.59 bits per heavy atom. The summed E-state index contributed by atoms with van der Waals surface area (Å²) >= 11 is 1.67. The highest BCUT2D eigenvalue weighted by Crippen LogP contribution is 2.26. The molecule has 4 heteroatoms. The number of carbonyl (C=O) groups is 1. The summed E-state index contributed by atoms with van der Waals surface area (Å²) in [6.07, 6.45) is -0.647. The minimum absolute atomic E-state index is 0.0457. The van der Waals surface area contributed by atoms with Gasteiger partial charge in [-0.2, -0.15) is 0 Å². The Hall–Kier alpha value is -4.54. The topological polar surface area (TPSA) is 43.4 Å². The zero-order valence-electron chi connectivity index (χ0n) is 20.0. The van der Waals surface area contributed by atoms with Crippen molar-refractivity contribution >= 4 is 37.3 Å². The van der Waals surface area contributed by atoms with Gasteiger partial charge in [-0.05, 0) is 36.4 Å². The Morgan fingerprint density at radius 2 is 1.03 bits per heavy atom. The van der Waals surface area contributed by atoms with Crippen molar-refractivity contribution in [2.24, 2.45) is 0 Å². The van der Waals surface area contributed by atoms with Crippen LogP contribution in [0, 0.1) is 0 Å². The monoisotopic (exact) mass is 500 g/mol. The molecule has 1 aromatic heterocycles. The van der Waals surface area contributed by atoms with E-state index in [9.17, 15) is 9.59 Å². The second-order valence-corrected chi connectivity index (χ2v) is 9.46. The lowest BCUT2D eigenvalue weighted by molar-refractivity contribution is 0.0792. The molecule has 1 unspecified atom stereocenters. The van der Waals surface area contributed by atoms with Gasteiger partial charge in [0.2, 0.25) is 5.78 Å². The summed E-state index contributed by atoms with van der Waals surface area (Å²) in [5, 5.41) is 1.64. The Kier molecular flexibility index (Phi) is 7.49. The van der Waals surface area contributed by atoms with Gasteiger partial charge in [0.1, 0.15) is 5.75 Å². The van der Waals surface area contributed by atoms with Crippen molar-refractivity contribution in [1.29, 1.82) is 0 Å². The third kappa shape index (κ3) is 5.66. The van der Waals surface area contributed by atoms with E-state index in [1.54, 1.807) is 11.3 Å². The van der Waals surface area contributed by atoms with Crippen LogP contribution in [0.5, 0.6) is 5.75 Å². The summed E-state index contributed by atoms with van der Waals surface area (Å²) in [6, 6.07) is 43.7. The molecule has 1 atom stereocenters. The number of hydrogen-bond donors (Lipinski definition) is 0. The fraction of sp³-hybridized carbons (Fsp3) is 0.0303. The lowest BCUT2D eigenvalue weighted by Crippen LogP contribution is -2.19. The molecule has 0 N–H and O–H groups in total. The van der Waals surface area contributed by atoms with Gasteiger partial charge in [0.25, 0.3) is 0 Å². The van der Waals surface area contributed by atoms with Crippen LogP contribution in [0.2, 0.25) is 0 Å². The van der Waals surface area contributed by atoms with Gasteiger partial charge in [-0.15, -0.1) is 11.3 Å². The molecule has 0 fully saturated rings. The maximum atomic E-state index is 12.8. The molecule has 0 radical (unpaired) electrons. The molecule has 5 aromatic carbocycles. The molecule has 6 aromatic rings. The lowest BCUT2D eigenvalue weighted by Gasteiger charge is -2.18. The van der Waals surface area contributed by atoms with E-state index in [-0.39, 0.29) is 11.2 Å². The van der Waals surface area contributed by atoms with Crippen LogP contribution in [-0.2, 0) is 0 Å². The van der Waals surface area contributed by atoms with Crippen molar-refractivity contribution < 1.29 is 9.53 Å².